The third-order valence-corrected chi connectivity index (χ3v) is 8.47. The van der Waals surface area contributed by atoms with Gasteiger partial charge in [-0.25, -0.2) is 8.42 Å². The molecule has 3 rings (SSSR count). The van der Waals surface area contributed by atoms with Gasteiger partial charge in [-0.1, -0.05) is 53.5 Å². The largest absolute Gasteiger partial charge is 0.416 e. The van der Waals surface area contributed by atoms with Crippen molar-refractivity contribution >= 4 is 50.7 Å². The van der Waals surface area contributed by atoms with Crippen molar-refractivity contribution in [3.8, 4) is 0 Å². The maximum atomic E-state index is 13.9. The van der Waals surface area contributed by atoms with E-state index in [1.165, 1.54) is 43.3 Å². The van der Waals surface area contributed by atoms with Gasteiger partial charge in [-0.2, -0.15) is 13.2 Å². The maximum absolute atomic E-state index is 13.9. The molecule has 3 aromatic rings. The third kappa shape index (κ3) is 8.39. The molecule has 2 amide bonds. The number of amides is 2. The molecule has 0 unspecified atom stereocenters. The fraction of sp³-hybridized carbons (Fsp3) is 0.310. The molecular formula is C29H30Cl2F3N3O4S. The fourth-order valence-electron chi connectivity index (χ4n) is 3.98. The summed E-state index contributed by atoms with van der Waals surface area (Å²) in [6, 6.07) is 14.1. The van der Waals surface area contributed by atoms with Crippen LogP contribution in [0.1, 0.15) is 38.8 Å². The molecule has 0 aliphatic carbocycles. The molecule has 0 radical (unpaired) electrons. The highest BCUT2D eigenvalue weighted by Crippen LogP contribution is 2.33. The van der Waals surface area contributed by atoms with Crippen LogP contribution in [0, 0.1) is 0 Å². The summed E-state index contributed by atoms with van der Waals surface area (Å²) in [5.41, 5.74) is -1.71. The zero-order valence-electron chi connectivity index (χ0n) is 23.2. The molecular weight excluding hydrogens is 614 g/mol. The molecule has 0 fully saturated rings. The molecule has 226 valence electrons. The molecule has 0 spiro atoms. The fourth-order valence-corrected chi connectivity index (χ4v) is 5.87. The van der Waals surface area contributed by atoms with Crippen molar-refractivity contribution in [2.75, 3.05) is 10.8 Å². The van der Waals surface area contributed by atoms with Gasteiger partial charge < -0.3 is 10.2 Å². The predicted molar refractivity (Wildman–Crippen MR) is 157 cm³/mol. The number of nitrogens with zero attached hydrogens (tertiary/aromatic N) is 2. The number of carbonyl (C=O) groups excluding carboxylic acids is 2. The van der Waals surface area contributed by atoms with Gasteiger partial charge >= 0.3 is 6.18 Å². The monoisotopic (exact) mass is 643 g/mol. The molecule has 0 saturated carbocycles. The van der Waals surface area contributed by atoms with Crippen LogP contribution >= 0.6 is 23.2 Å². The summed E-state index contributed by atoms with van der Waals surface area (Å²) >= 11 is 12.4. The molecule has 7 nitrogen and oxygen atoms in total. The molecule has 1 atom stereocenters. The zero-order valence-corrected chi connectivity index (χ0v) is 25.6. The number of halogens is 5. The normalized spacial score (nSPS) is 12.9. The zero-order chi connectivity index (χ0) is 31.5. The van der Waals surface area contributed by atoms with Crippen molar-refractivity contribution < 1.29 is 31.2 Å². The van der Waals surface area contributed by atoms with E-state index >= 15 is 0 Å². The van der Waals surface area contributed by atoms with Crippen LogP contribution in [0.2, 0.25) is 10.0 Å². The van der Waals surface area contributed by atoms with Crippen molar-refractivity contribution in [3.05, 3.63) is 94.0 Å². The Balaban J connectivity index is 2.11. The van der Waals surface area contributed by atoms with E-state index in [4.69, 9.17) is 23.2 Å². The highest BCUT2D eigenvalue weighted by molar-refractivity contribution is 7.92. The van der Waals surface area contributed by atoms with Gasteiger partial charge in [0.05, 0.1) is 16.1 Å². The van der Waals surface area contributed by atoms with Crippen LogP contribution in [0.15, 0.2) is 77.7 Å². The van der Waals surface area contributed by atoms with Crippen LogP contribution in [-0.4, -0.2) is 43.3 Å². The molecule has 3 aromatic carbocycles. The number of hydrogen-bond donors (Lipinski definition) is 1. The van der Waals surface area contributed by atoms with E-state index < -0.39 is 51.7 Å². The van der Waals surface area contributed by atoms with Gasteiger partial charge in [0.1, 0.15) is 12.6 Å². The Hall–Kier alpha value is -3.28. The van der Waals surface area contributed by atoms with E-state index in [2.05, 4.69) is 5.32 Å². The lowest BCUT2D eigenvalue weighted by Crippen LogP contribution is -2.54. The molecule has 0 bridgehead atoms. The number of hydrogen-bond acceptors (Lipinski definition) is 4. The number of anilines is 1. The molecule has 0 aromatic heterocycles. The summed E-state index contributed by atoms with van der Waals surface area (Å²) in [5.74, 6) is -1.38. The second-order valence-corrected chi connectivity index (χ2v) is 13.3. The molecule has 42 heavy (non-hydrogen) atoms. The Morgan fingerprint density at radius 1 is 0.929 bits per heavy atom. The first-order chi connectivity index (χ1) is 19.4. The number of nitrogens with one attached hydrogen (secondary N) is 1. The highest BCUT2D eigenvalue weighted by atomic mass is 35.5. The topological polar surface area (TPSA) is 86.8 Å². The summed E-state index contributed by atoms with van der Waals surface area (Å²) < 4.78 is 68.8. The van der Waals surface area contributed by atoms with Gasteiger partial charge in [-0.15, -0.1) is 0 Å². The molecule has 13 heteroatoms. The van der Waals surface area contributed by atoms with Gasteiger partial charge in [0, 0.05) is 22.1 Å². The van der Waals surface area contributed by atoms with E-state index in [-0.39, 0.29) is 22.2 Å². The van der Waals surface area contributed by atoms with E-state index in [1.807, 2.05) is 0 Å². The minimum atomic E-state index is -4.76. The summed E-state index contributed by atoms with van der Waals surface area (Å²) in [4.78, 5) is 28.0. The Kier molecular flexibility index (Phi) is 10.2. The molecule has 0 heterocycles. The molecule has 0 aliphatic rings. The van der Waals surface area contributed by atoms with Crippen molar-refractivity contribution in [1.82, 2.24) is 10.2 Å². The van der Waals surface area contributed by atoms with E-state index in [1.54, 1.807) is 39.0 Å². The van der Waals surface area contributed by atoms with Gasteiger partial charge in [0.25, 0.3) is 10.0 Å². The molecule has 0 aliphatic heterocycles. The van der Waals surface area contributed by atoms with Crippen LogP contribution in [0.3, 0.4) is 0 Å². The molecule has 1 N–H and O–H groups in total. The van der Waals surface area contributed by atoms with Crippen LogP contribution in [0.25, 0.3) is 0 Å². The number of benzene rings is 3. The second-order valence-electron chi connectivity index (χ2n) is 10.5. The lowest BCUT2D eigenvalue weighted by molar-refractivity contribution is -0.140. The number of alkyl halides is 3. The SMILES string of the molecule is C[C@H](C(=O)NC(C)(C)C)N(Cc1ccc(Cl)cc1Cl)C(=O)CN(c1cccc(C(F)(F)F)c1)S(=O)(=O)c1ccccc1. The van der Waals surface area contributed by atoms with E-state index in [0.717, 1.165) is 17.0 Å². The average Bonchev–Trinajstić information content (AvgIpc) is 2.90. The Labute approximate surface area is 253 Å². The van der Waals surface area contributed by atoms with Gasteiger partial charge in [-0.05, 0) is 75.7 Å². The highest BCUT2D eigenvalue weighted by Gasteiger charge is 2.36. The number of rotatable bonds is 9. The lowest BCUT2D eigenvalue weighted by atomic mass is 10.1. The quantitative estimate of drug-likeness (QED) is 0.287. The Bertz CT molecular complexity index is 1550. The summed E-state index contributed by atoms with van der Waals surface area (Å²) in [6.45, 7) is 5.60. The van der Waals surface area contributed by atoms with Crippen LogP contribution in [-0.2, 0) is 32.3 Å². The van der Waals surface area contributed by atoms with Crippen LogP contribution in [0.5, 0.6) is 0 Å². The summed E-state index contributed by atoms with van der Waals surface area (Å²) in [5, 5.41) is 3.33. The maximum Gasteiger partial charge on any atom is 0.416 e. The molecule has 0 saturated heterocycles. The smallest absolute Gasteiger partial charge is 0.350 e. The number of sulfonamides is 1. The standard InChI is InChI=1S/C29H30Cl2F3N3O4S/c1-19(27(39)35-28(2,3)4)36(17-20-13-14-22(30)16-25(20)31)26(38)18-37(42(40,41)24-11-6-5-7-12-24)23-10-8-9-21(15-23)29(32,33)34/h5-16,19H,17-18H2,1-4H3,(H,35,39)/t19-/m1/s1. The minimum Gasteiger partial charge on any atom is -0.350 e. The van der Waals surface area contributed by atoms with Crippen molar-refractivity contribution in [1.29, 1.82) is 0 Å². The van der Waals surface area contributed by atoms with E-state index in [9.17, 15) is 31.2 Å². The van der Waals surface area contributed by atoms with Crippen molar-refractivity contribution in [2.24, 2.45) is 0 Å². The van der Waals surface area contributed by atoms with Crippen molar-refractivity contribution in [3.63, 3.8) is 0 Å². The first kappa shape index (κ1) is 33.2. The van der Waals surface area contributed by atoms with Crippen molar-refractivity contribution in [2.45, 2.75) is 56.9 Å². The Morgan fingerprint density at radius 2 is 1.57 bits per heavy atom. The van der Waals surface area contributed by atoms with Gasteiger partial charge in [0.2, 0.25) is 11.8 Å². The second kappa shape index (κ2) is 12.9. The summed E-state index contributed by atoms with van der Waals surface area (Å²) in [6.07, 6.45) is -4.76. The van der Waals surface area contributed by atoms with Crippen LogP contribution in [0.4, 0.5) is 18.9 Å². The first-order valence-electron chi connectivity index (χ1n) is 12.7. The third-order valence-electron chi connectivity index (χ3n) is 6.09. The average molecular weight is 645 g/mol. The minimum absolute atomic E-state index is 0.204. The number of carbonyl (C=O) groups is 2. The Morgan fingerprint density at radius 3 is 2.14 bits per heavy atom. The predicted octanol–water partition coefficient (Wildman–Crippen LogP) is 6.54. The van der Waals surface area contributed by atoms with Gasteiger partial charge in [-0.3, -0.25) is 13.9 Å². The summed E-state index contributed by atoms with van der Waals surface area (Å²) in [7, 11) is -4.53. The van der Waals surface area contributed by atoms with E-state index in [0.29, 0.717) is 21.0 Å². The van der Waals surface area contributed by atoms with Crippen LogP contribution < -0.4 is 9.62 Å². The van der Waals surface area contributed by atoms with Gasteiger partial charge in [0.15, 0.2) is 0 Å². The first-order valence-corrected chi connectivity index (χ1v) is 14.9. The lowest BCUT2D eigenvalue weighted by Gasteiger charge is -2.33.